The number of nitrogen functional groups attached to an aromatic ring is 1. The van der Waals surface area contributed by atoms with Crippen molar-refractivity contribution in [2.45, 2.75) is 44.8 Å². The Labute approximate surface area is 241 Å². The number of carbonyl (C=O) groups excluding carboxylic acids is 2. The predicted molar refractivity (Wildman–Crippen MR) is 159 cm³/mol. The molecule has 0 aromatic heterocycles. The number of fused-ring (bicyclic) bond motifs is 3. The summed E-state index contributed by atoms with van der Waals surface area (Å²) in [6.45, 7) is 8.09. The smallest absolute Gasteiger partial charge is 0.465 e. The molecule has 5 rings (SSSR count). The lowest BCUT2D eigenvalue weighted by Crippen LogP contribution is -2.41. The summed E-state index contributed by atoms with van der Waals surface area (Å²) in [6.07, 6.45) is 1.21. The van der Waals surface area contributed by atoms with E-state index in [1.165, 1.54) is 7.11 Å². The van der Waals surface area contributed by atoms with Crippen molar-refractivity contribution in [3.63, 3.8) is 0 Å². The van der Waals surface area contributed by atoms with Crippen molar-refractivity contribution >= 4 is 30.9 Å². The number of esters is 1. The third-order valence-electron chi connectivity index (χ3n) is 8.22. The number of para-hydroxylation sites is 1. The highest BCUT2D eigenvalue weighted by Crippen LogP contribution is 2.44. The van der Waals surface area contributed by atoms with E-state index in [9.17, 15) is 9.59 Å². The molecule has 212 valence electrons. The molecule has 3 aromatic rings. The molecule has 2 aliphatic rings. The molecule has 9 heteroatoms. The number of rotatable bonds is 7. The van der Waals surface area contributed by atoms with Crippen LogP contribution in [0.2, 0.25) is 0 Å². The number of carbonyl (C=O) groups is 2. The Bertz CT molecular complexity index is 1450. The van der Waals surface area contributed by atoms with E-state index in [2.05, 4.69) is 29.6 Å². The minimum Gasteiger partial charge on any atom is -0.465 e. The van der Waals surface area contributed by atoms with Gasteiger partial charge in [0, 0.05) is 12.5 Å². The molecule has 1 aliphatic heterocycles. The summed E-state index contributed by atoms with van der Waals surface area (Å²) in [5.41, 5.74) is 11.4. The van der Waals surface area contributed by atoms with Gasteiger partial charge in [-0.25, -0.2) is 9.59 Å². The molecule has 0 spiro atoms. The highest BCUT2D eigenvalue weighted by Gasteiger charge is 2.52. The minimum absolute atomic E-state index is 0.0490. The third-order valence-corrected chi connectivity index (χ3v) is 8.22. The van der Waals surface area contributed by atoms with Crippen LogP contribution in [-0.4, -0.2) is 50.6 Å². The van der Waals surface area contributed by atoms with Crippen LogP contribution in [0.1, 0.15) is 60.7 Å². The number of ether oxygens (including phenoxy) is 2. The van der Waals surface area contributed by atoms with Gasteiger partial charge in [0.15, 0.2) is 0 Å². The van der Waals surface area contributed by atoms with Crippen molar-refractivity contribution in [1.29, 1.82) is 0 Å². The first-order valence-electron chi connectivity index (χ1n) is 13.6. The molecule has 1 saturated heterocycles. The Balaban J connectivity index is 1.34. The molecule has 3 N–H and O–H groups in total. The monoisotopic (exact) mass is 554 g/mol. The second-order valence-electron chi connectivity index (χ2n) is 11.3. The topological polar surface area (TPSA) is 109 Å². The van der Waals surface area contributed by atoms with Gasteiger partial charge < -0.3 is 29.8 Å². The molecular weight excluding hydrogens is 519 g/mol. The summed E-state index contributed by atoms with van der Waals surface area (Å²) in [5.74, 6) is -0.584. The average molecular weight is 554 g/mol. The Morgan fingerprint density at radius 2 is 1.51 bits per heavy atom. The number of methoxy groups -OCH3 is 1. The normalized spacial score (nSPS) is 17.1. The lowest BCUT2D eigenvalue weighted by Gasteiger charge is -2.32. The second kappa shape index (κ2) is 11.1. The van der Waals surface area contributed by atoms with Crippen molar-refractivity contribution in [3.05, 3.63) is 94.5 Å². The highest BCUT2D eigenvalue weighted by molar-refractivity contribution is 6.56. The van der Waals surface area contributed by atoms with Crippen LogP contribution in [0.5, 0.6) is 0 Å². The van der Waals surface area contributed by atoms with Crippen molar-refractivity contribution in [1.82, 2.24) is 5.32 Å². The van der Waals surface area contributed by atoms with Gasteiger partial charge in [-0.2, -0.15) is 0 Å². The first-order chi connectivity index (χ1) is 19.5. The Kier molecular flexibility index (Phi) is 7.68. The lowest BCUT2D eigenvalue weighted by molar-refractivity contribution is 0.00578. The predicted octanol–water partition coefficient (Wildman–Crippen LogP) is 5.61. The molecule has 41 heavy (non-hydrogen) atoms. The van der Waals surface area contributed by atoms with Gasteiger partial charge in [-0.05, 0) is 67.1 Å². The van der Waals surface area contributed by atoms with Crippen LogP contribution in [0.25, 0.3) is 17.2 Å². The largest absolute Gasteiger partial charge is 0.492 e. The maximum absolute atomic E-state index is 13.0. The van der Waals surface area contributed by atoms with E-state index >= 15 is 0 Å². The van der Waals surface area contributed by atoms with E-state index in [0.29, 0.717) is 11.0 Å². The molecule has 1 aliphatic carbocycles. The van der Waals surface area contributed by atoms with Crippen molar-refractivity contribution < 1.29 is 28.4 Å². The minimum atomic E-state index is -0.755. The van der Waals surface area contributed by atoms with Crippen molar-refractivity contribution in [3.8, 4) is 11.1 Å². The van der Waals surface area contributed by atoms with E-state index in [-0.39, 0.29) is 30.3 Å². The Morgan fingerprint density at radius 3 is 2.10 bits per heavy atom. The quantitative estimate of drug-likeness (QED) is 0.222. The summed E-state index contributed by atoms with van der Waals surface area (Å²) in [5, 5.41) is 2.85. The Hall–Kier alpha value is -4.08. The summed E-state index contributed by atoms with van der Waals surface area (Å²) in [7, 11) is 0.549. The molecule has 1 fully saturated rings. The van der Waals surface area contributed by atoms with Crippen LogP contribution in [0.3, 0.4) is 0 Å². The van der Waals surface area contributed by atoms with E-state index in [1.807, 2.05) is 52.0 Å². The number of amides is 1. The van der Waals surface area contributed by atoms with Gasteiger partial charge >= 0.3 is 19.2 Å². The van der Waals surface area contributed by atoms with E-state index in [0.717, 1.165) is 22.3 Å². The highest BCUT2D eigenvalue weighted by atomic mass is 16.7. The molecular formula is C32H35BN2O6. The lowest BCUT2D eigenvalue weighted by atomic mass is 9.76. The number of benzene rings is 3. The molecule has 0 unspecified atom stereocenters. The molecule has 0 atom stereocenters. The van der Waals surface area contributed by atoms with Gasteiger partial charge in [0.25, 0.3) is 0 Å². The fourth-order valence-corrected chi connectivity index (χ4v) is 5.22. The fourth-order valence-electron chi connectivity index (χ4n) is 5.22. The summed E-state index contributed by atoms with van der Waals surface area (Å²) < 4.78 is 23.1. The molecule has 8 nitrogen and oxygen atoms in total. The summed E-state index contributed by atoms with van der Waals surface area (Å²) in [4.78, 5) is 25.2. The Morgan fingerprint density at radius 1 is 0.927 bits per heavy atom. The SMILES string of the molecule is COC(=O)c1cccc(C=C(CNC(=O)OCC2c3ccccc3-c3ccccc32)B2OC(C)(C)C(C)(C)O2)c1N. The maximum atomic E-state index is 13.0. The zero-order valence-corrected chi connectivity index (χ0v) is 24.0. The molecule has 0 radical (unpaired) electrons. The van der Waals surface area contributed by atoms with Gasteiger partial charge in [-0.15, -0.1) is 0 Å². The van der Waals surface area contributed by atoms with E-state index in [4.69, 9.17) is 24.5 Å². The van der Waals surface area contributed by atoms with Gasteiger partial charge in [0.05, 0.1) is 29.6 Å². The van der Waals surface area contributed by atoms with Crippen molar-refractivity contribution in [2.24, 2.45) is 0 Å². The van der Waals surface area contributed by atoms with Gasteiger partial charge in [-0.1, -0.05) is 66.7 Å². The zero-order chi connectivity index (χ0) is 29.4. The second-order valence-corrected chi connectivity index (χ2v) is 11.3. The van der Waals surface area contributed by atoms with Crippen LogP contribution in [0.15, 0.2) is 72.2 Å². The van der Waals surface area contributed by atoms with E-state index < -0.39 is 30.4 Å². The molecule has 3 aromatic carbocycles. The average Bonchev–Trinajstić information content (AvgIpc) is 3.39. The van der Waals surface area contributed by atoms with Crippen molar-refractivity contribution in [2.75, 3.05) is 26.0 Å². The number of alkyl carbamates (subject to hydrolysis) is 1. The van der Waals surface area contributed by atoms with Crippen LogP contribution < -0.4 is 11.1 Å². The maximum Gasteiger partial charge on any atom is 0.492 e. The van der Waals surface area contributed by atoms with Gasteiger partial charge in [0.1, 0.15) is 6.61 Å². The number of anilines is 1. The number of hydrogen-bond donors (Lipinski definition) is 2. The van der Waals surface area contributed by atoms with Gasteiger partial charge in [0.2, 0.25) is 0 Å². The fraction of sp³-hybridized carbons (Fsp3) is 0.312. The number of hydrogen-bond acceptors (Lipinski definition) is 7. The number of nitrogens with two attached hydrogens (primary N) is 1. The summed E-state index contributed by atoms with van der Waals surface area (Å²) in [6, 6.07) is 21.5. The molecule has 0 bridgehead atoms. The van der Waals surface area contributed by atoms with Crippen LogP contribution >= 0.6 is 0 Å². The molecule has 1 heterocycles. The van der Waals surface area contributed by atoms with Crippen LogP contribution in [0.4, 0.5) is 10.5 Å². The van der Waals surface area contributed by atoms with E-state index in [1.54, 1.807) is 24.3 Å². The third kappa shape index (κ3) is 5.47. The standard InChI is InChI=1S/C32H35BN2O6/c1-31(2)32(3,4)41-33(40-31)21(17-20-11-10-16-26(28(20)34)29(36)38-5)18-35-30(37)39-19-27-24-14-8-6-12-22(24)23-13-7-9-15-25(23)27/h6-17,27H,18-19,34H2,1-5H3,(H,35,37). The van der Waals surface area contributed by atoms with Gasteiger partial charge in [-0.3, -0.25) is 0 Å². The molecule has 1 amide bonds. The first kappa shape index (κ1) is 28.5. The first-order valence-corrected chi connectivity index (χ1v) is 13.6. The number of nitrogens with one attached hydrogen (secondary N) is 1. The summed E-state index contributed by atoms with van der Waals surface area (Å²) >= 11 is 0. The molecule has 0 saturated carbocycles. The zero-order valence-electron chi connectivity index (χ0n) is 24.0. The van der Waals surface area contributed by atoms with Crippen LogP contribution in [0, 0.1) is 0 Å². The van der Waals surface area contributed by atoms with Crippen LogP contribution in [-0.2, 0) is 18.8 Å².